The fourth-order valence-corrected chi connectivity index (χ4v) is 2.03. The van der Waals surface area contributed by atoms with Crippen LogP contribution in [0.25, 0.3) is 0 Å². The third-order valence-corrected chi connectivity index (χ3v) is 3.21. The Morgan fingerprint density at radius 3 is 2.75 bits per heavy atom. The van der Waals surface area contributed by atoms with Gasteiger partial charge in [0.1, 0.15) is 5.82 Å². The summed E-state index contributed by atoms with van der Waals surface area (Å²) in [5, 5.41) is 13.8. The van der Waals surface area contributed by atoms with E-state index in [1.807, 2.05) is 0 Å². The molecular weight excluding hydrogens is 283 g/mol. The second kappa shape index (κ2) is 5.88. The summed E-state index contributed by atoms with van der Waals surface area (Å²) in [5.41, 5.74) is 1.91. The van der Waals surface area contributed by atoms with Gasteiger partial charge in [0.2, 0.25) is 0 Å². The van der Waals surface area contributed by atoms with Crippen LogP contribution < -0.4 is 5.32 Å². The minimum Gasteiger partial charge on any atom is -0.381 e. The van der Waals surface area contributed by atoms with Crippen molar-refractivity contribution in [2.24, 2.45) is 0 Å². The lowest BCUT2D eigenvalue weighted by Gasteiger charge is -2.10. The molecule has 104 valence electrons. The zero-order chi connectivity index (χ0) is 14.7. The van der Waals surface area contributed by atoms with Crippen molar-refractivity contribution in [3.8, 4) is 0 Å². The zero-order valence-electron chi connectivity index (χ0n) is 10.7. The number of non-ortho nitro benzene ring substituents is 1. The van der Waals surface area contributed by atoms with Gasteiger partial charge >= 0.3 is 0 Å². The molecule has 2 aromatic carbocycles. The molecule has 6 heteroatoms. The first kappa shape index (κ1) is 14.3. The van der Waals surface area contributed by atoms with Crippen molar-refractivity contribution in [1.29, 1.82) is 0 Å². The van der Waals surface area contributed by atoms with Crippen molar-refractivity contribution >= 4 is 23.0 Å². The van der Waals surface area contributed by atoms with E-state index in [9.17, 15) is 14.5 Å². The maximum absolute atomic E-state index is 13.7. The Hall–Kier alpha value is -2.14. The fourth-order valence-electron chi connectivity index (χ4n) is 1.84. The van der Waals surface area contributed by atoms with Gasteiger partial charge < -0.3 is 5.32 Å². The number of aryl methyl sites for hydroxylation is 1. The van der Waals surface area contributed by atoms with Crippen molar-refractivity contribution in [2.75, 3.05) is 5.32 Å². The van der Waals surface area contributed by atoms with E-state index in [1.54, 1.807) is 25.1 Å². The Kier molecular flexibility index (Phi) is 4.20. The summed E-state index contributed by atoms with van der Waals surface area (Å²) in [4.78, 5) is 10.2. The predicted molar refractivity (Wildman–Crippen MR) is 76.6 cm³/mol. The van der Waals surface area contributed by atoms with E-state index in [2.05, 4.69) is 5.32 Å². The number of halogens is 2. The summed E-state index contributed by atoms with van der Waals surface area (Å²) < 4.78 is 13.7. The standard InChI is InChI=1S/C14H12ClFN2O2/c1-9-7-11(18(19)20)5-6-13(9)17-8-10-3-2-4-12(15)14(10)16/h2-7,17H,8H2,1H3. The average Bonchev–Trinajstić information content (AvgIpc) is 2.41. The smallest absolute Gasteiger partial charge is 0.269 e. The Morgan fingerprint density at radius 2 is 2.10 bits per heavy atom. The van der Waals surface area contributed by atoms with Crippen molar-refractivity contribution in [3.63, 3.8) is 0 Å². The van der Waals surface area contributed by atoms with Gasteiger partial charge in [-0.2, -0.15) is 0 Å². The number of nitrogens with one attached hydrogen (secondary N) is 1. The Morgan fingerprint density at radius 1 is 1.35 bits per heavy atom. The summed E-state index contributed by atoms with van der Waals surface area (Å²) in [6.45, 7) is 2.01. The topological polar surface area (TPSA) is 55.2 Å². The first-order chi connectivity index (χ1) is 9.49. The molecule has 0 aliphatic rings. The molecule has 1 N–H and O–H groups in total. The summed E-state index contributed by atoms with van der Waals surface area (Å²) >= 11 is 5.70. The summed E-state index contributed by atoms with van der Waals surface area (Å²) in [5.74, 6) is -0.457. The number of nitrogens with zero attached hydrogens (tertiary/aromatic N) is 1. The molecule has 0 spiro atoms. The molecule has 0 saturated carbocycles. The third kappa shape index (κ3) is 3.05. The van der Waals surface area contributed by atoms with Crippen molar-refractivity contribution in [1.82, 2.24) is 0 Å². The van der Waals surface area contributed by atoms with Gasteiger partial charge in [-0.3, -0.25) is 10.1 Å². The minimum atomic E-state index is -0.457. The predicted octanol–water partition coefficient (Wildman–Crippen LogP) is 4.31. The van der Waals surface area contributed by atoms with Gasteiger partial charge in [0.05, 0.1) is 9.95 Å². The molecular formula is C14H12ClFN2O2. The van der Waals surface area contributed by atoms with Crippen LogP contribution in [0.15, 0.2) is 36.4 Å². The minimum absolute atomic E-state index is 0.0296. The maximum atomic E-state index is 13.7. The first-order valence-electron chi connectivity index (χ1n) is 5.91. The molecule has 0 atom stereocenters. The Bertz CT molecular complexity index is 662. The maximum Gasteiger partial charge on any atom is 0.269 e. The molecule has 2 rings (SSSR count). The van der Waals surface area contributed by atoms with E-state index in [1.165, 1.54) is 18.2 Å². The number of nitro benzene ring substituents is 1. The lowest BCUT2D eigenvalue weighted by atomic mass is 10.1. The van der Waals surface area contributed by atoms with Gasteiger partial charge in [-0.15, -0.1) is 0 Å². The highest BCUT2D eigenvalue weighted by molar-refractivity contribution is 6.30. The highest BCUT2D eigenvalue weighted by Crippen LogP contribution is 2.23. The van der Waals surface area contributed by atoms with Gasteiger partial charge in [-0.25, -0.2) is 4.39 Å². The second-order valence-corrected chi connectivity index (χ2v) is 4.73. The quantitative estimate of drug-likeness (QED) is 0.675. The van der Waals surface area contributed by atoms with Crippen LogP contribution in [0, 0.1) is 22.9 Å². The first-order valence-corrected chi connectivity index (χ1v) is 6.28. The molecule has 0 aliphatic heterocycles. The van der Waals surface area contributed by atoms with E-state index in [0.29, 0.717) is 5.56 Å². The molecule has 0 unspecified atom stereocenters. The molecule has 0 amide bonds. The number of rotatable bonds is 4. The van der Waals surface area contributed by atoms with E-state index in [0.717, 1.165) is 11.3 Å². The van der Waals surface area contributed by atoms with Crippen LogP contribution in [-0.4, -0.2) is 4.92 Å². The van der Waals surface area contributed by atoms with Crippen molar-refractivity contribution in [3.05, 3.63) is 68.5 Å². The highest BCUT2D eigenvalue weighted by Gasteiger charge is 2.09. The van der Waals surface area contributed by atoms with Crippen molar-refractivity contribution in [2.45, 2.75) is 13.5 Å². The molecule has 0 radical (unpaired) electrons. The molecule has 4 nitrogen and oxygen atoms in total. The van der Waals surface area contributed by atoms with Gasteiger partial charge in [0.15, 0.2) is 0 Å². The third-order valence-electron chi connectivity index (χ3n) is 2.92. The van der Waals surface area contributed by atoms with Crippen LogP contribution >= 0.6 is 11.6 Å². The number of hydrogen-bond donors (Lipinski definition) is 1. The lowest BCUT2D eigenvalue weighted by molar-refractivity contribution is -0.384. The van der Waals surface area contributed by atoms with Crippen LogP contribution in [0.3, 0.4) is 0 Å². The molecule has 0 fully saturated rings. The fraction of sp³-hybridized carbons (Fsp3) is 0.143. The number of nitro groups is 1. The monoisotopic (exact) mass is 294 g/mol. The SMILES string of the molecule is Cc1cc([N+](=O)[O-])ccc1NCc1cccc(Cl)c1F. The van der Waals surface area contributed by atoms with Crippen LogP contribution in [0.4, 0.5) is 15.8 Å². The molecule has 2 aromatic rings. The van der Waals surface area contributed by atoms with Crippen LogP contribution in [0.1, 0.15) is 11.1 Å². The number of benzene rings is 2. The van der Waals surface area contributed by atoms with Crippen LogP contribution in [0.2, 0.25) is 5.02 Å². The zero-order valence-corrected chi connectivity index (χ0v) is 11.4. The molecule has 0 bridgehead atoms. The van der Waals surface area contributed by atoms with Crippen LogP contribution in [-0.2, 0) is 6.54 Å². The average molecular weight is 295 g/mol. The van der Waals surface area contributed by atoms with E-state index < -0.39 is 10.7 Å². The Labute approximate surface area is 120 Å². The molecule has 0 aliphatic carbocycles. The molecule has 0 heterocycles. The second-order valence-electron chi connectivity index (χ2n) is 4.32. The summed E-state index contributed by atoms with van der Waals surface area (Å²) in [6.07, 6.45) is 0. The van der Waals surface area contributed by atoms with E-state index in [-0.39, 0.29) is 17.3 Å². The van der Waals surface area contributed by atoms with E-state index >= 15 is 0 Å². The summed E-state index contributed by atoms with van der Waals surface area (Å²) in [6, 6.07) is 9.27. The van der Waals surface area contributed by atoms with Crippen molar-refractivity contribution < 1.29 is 9.31 Å². The molecule has 0 aromatic heterocycles. The highest BCUT2D eigenvalue weighted by atomic mass is 35.5. The number of anilines is 1. The van der Waals surface area contributed by atoms with Gasteiger partial charge in [0, 0.05) is 29.9 Å². The van der Waals surface area contributed by atoms with E-state index in [4.69, 9.17) is 11.6 Å². The molecule has 20 heavy (non-hydrogen) atoms. The largest absolute Gasteiger partial charge is 0.381 e. The molecule has 0 saturated heterocycles. The number of hydrogen-bond acceptors (Lipinski definition) is 3. The lowest BCUT2D eigenvalue weighted by Crippen LogP contribution is -2.03. The Balaban J connectivity index is 2.15. The normalized spacial score (nSPS) is 10.3. The van der Waals surface area contributed by atoms with Gasteiger partial charge in [-0.1, -0.05) is 23.7 Å². The summed E-state index contributed by atoms with van der Waals surface area (Å²) in [7, 11) is 0. The van der Waals surface area contributed by atoms with Gasteiger partial charge in [0.25, 0.3) is 5.69 Å². The van der Waals surface area contributed by atoms with Crippen LogP contribution in [0.5, 0.6) is 0 Å². The van der Waals surface area contributed by atoms with Gasteiger partial charge in [-0.05, 0) is 24.6 Å².